The molecule has 0 saturated carbocycles. The van der Waals surface area contributed by atoms with Gasteiger partial charge < -0.3 is 14.7 Å². The predicted molar refractivity (Wildman–Crippen MR) is 81.2 cm³/mol. The van der Waals surface area contributed by atoms with Crippen molar-refractivity contribution in [2.75, 3.05) is 26.2 Å². The van der Waals surface area contributed by atoms with Gasteiger partial charge in [-0.1, -0.05) is 31.5 Å². The molecule has 3 heteroatoms. The first-order chi connectivity index (χ1) is 9.52. The van der Waals surface area contributed by atoms with Crippen LogP contribution in [0.15, 0.2) is 24.3 Å². The molecule has 1 fully saturated rings. The minimum absolute atomic E-state index is 0.384. The summed E-state index contributed by atoms with van der Waals surface area (Å²) in [4.78, 5) is 1.51. The van der Waals surface area contributed by atoms with Gasteiger partial charge in [-0.15, -0.1) is 0 Å². The molecule has 112 valence electrons. The summed E-state index contributed by atoms with van der Waals surface area (Å²) in [7, 11) is 0. The topological polar surface area (TPSA) is 33.9 Å². The van der Waals surface area contributed by atoms with Crippen molar-refractivity contribution in [1.82, 2.24) is 0 Å². The third-order valence-corrected chi connectivity index (χ3v) is 4.07. The lowest BCUT2D eigenvalue weighted by Gasteiger charge is -2.33. The number of piperidine rings is 1. The first kappa shape index (κ1) is 15.3. The summed E-state index contributed by atoms with van der Waals surface area (Å²) in [5.74, 6) is 2.36. The van der Waals surface area contributed by atoms with E-state index in [2.05, 4.69) is 20.8 Å². The molecule has 0 radical (unpaired) electrons. The molecule has 1 saturated heterocycles. The molecule has 0 aliphatic carbocycles. The van der Waals surface area contributed by atoms with Gasteiger partial charge in [0.2, 0.25) is 0 Å². The number of aryl methyl sites for hydroxylation is 1. The standard InChI is InChI=1S/C17H27NO2/c1-13-4-6-17(7-5-13)20-12-16(19)11-18-9-14(2)8-15(3)10-18/h4-7,14-16,19H,8-12H2,1-3H3/p+1/t14-,15-,16+/m0/s1. The Balaban J connectivity index is 1.74. The summed E-state index contributed by atoms with van der Waals surface area (Å²) in [6, 6.07) is 7.97. The van der Waals surface area contributed by atoms with E-state index in [1.165, 1.54) is 30.0 Å². The van der Waals surface area contributed by atoms with E-state index in [1.807, 2.05) is 24.3 Å². The van der Waals surface area contributed by atoms with Crippen LogP contribution in [0.25, 0.3) is 0 Å². The molecule has 0 bridgehead atoms. The highest BCUT2D eigenvalue weighted by Gasteiger charge is 2.26. The molecule has 3 atom stereocenters. The number of hydrogen-bond acceptors (Lipinski definition) is 2. The van der Waals surface area contributed by atoms with Gasteiger partial charge in [0.05, 0.1) is 13.1 Å². The average molecular weight is 278 g/mol. The number of quaternary nitrogens is 1. The molecule has 1 heterocycles. The molecular formula is C17H28NO2+. The first-order valence-electron chi connectivity index (χ1n) is 7.74. The number of ether oxygens (including phenoxy) is 1. The molecule has 1 aliphatic heterocycles. The Labute approximate surface area is 122 Å². The second-order valence-corrected chi connectivity index (χ2v) is 6.59. The molecule has 2 N–H and O–H groups in total. The summed E-state index contributed by atoms with van der Waals surface area (Å²) >= 11 is 0. The van der Waals surface area contributed by atoms with Gasteiger partial charge in [-0.3, -0.25) is 0 Å². The number of aliphatic hydroxyl groups excluding tert-OH is 1. The zero-order valence-electron chi connectivity index (χ0n) is 12.9. The van der Waals surface area contributed by atoms with Crippen LogP contribution in [0, 0.1) is 18.8 Å². The number of hydrogen-bond donors (Lipinski definition) is 2. The fraction of sp³-hybridized carbons (Fsp3) is 0.647. The molecule has 20 heavy (non-hydrogen) atoms. The van der Waals surface area contributed by atoms with Crippen LogP contribution < -0.4 is 9.64 Å². The third kappa shape index (κ3) is 4.80. The van der Waals surface area contributed by atoms with E-state index >= 15 is 0 Å². The zero-order valence-corrected chi connectivity index (χ0v) is 12.9. The fourth-order valence-electron chi connectivity index (χ4n) is 3.31. The Bertz CT molecular complexity index is 394. The van der Waals surface area contributed by atoms with E-state index in [-0.39, 0.29) is 6.10 Å². The highest BCUT2D eigenvalue weighted by molar-refractivity contribution is 5.26. The van der Waals surface area contributed by atoms with Crippen molar-refractivity contribution in [3.63, 3.8) is 0 Å². The maximum absolute atomic E-state index is 10.1. The van der Waals surface area contributed by atoms with Crippen LogP contribution in [0.3, 0.4) is 0 Å². The van der Waals surface area contributed by atoms with E-state index in [0.717, 1.165) is 24.1 Å². The van der Waals surface area contributed by atoms with E-state index in [1.54, 1.807) is 0 Å². The minimum Gasteiger partial charge on any atom is -0.491 e. The highest BCUT2D eigenvalue weighted by Crippen LogP contribution is 2.13. The van der Waals surface area contributed by atoms with Crippen LogP contribution in [0.4, 0.5) is 0 Å². The molecule has 1 aromatic rings. The van der Waals surface area contributed by atoms with Crippen molar-refractivity contribution in [1.29, 1.82) is 0 Å². The van der Waals surface area contributed by atoms with Gasteiger partial charge in [0.15, 0.2) is 0 Å². The number of nitrogens with one attached hydrogen (secondary N) is 1. The van der Waals surface area contributed by atoms with Gasteiger partial charge in [-0.05, 0) is 25.5 Å². The highest BCUT2D eigenvalue weighted by atomic mass is 16.5. The molecular weight excluding hydrogens is 250 g/mol. The van der Waals surface area contributed by atoms with Crippen LogP contribution in [0.5, 0.6) is 5.75 Å². The van der Waals surface area contributed by atoms with Gasteiger partial charge in [0.1, 0.15) is 25.0 Å². The predicted octanol–water partition coefficient (Wildman–Crippen LogP) is 1.30. The van der Waals surface area contributed by atoms with Crippen LogP contribution in [-0.2, 0) is 0 Å². The summed E-state index contributed by atoms with van der Waals surface area (Å²) in [5.41, 5.74) is 1.22. The van der Waals surface area contributed by atoms with Crippen LogP contribution in [0.2, 0.25) is 0 Å². The Kier molecular flexibility index (Phi) is 5.44. The molecule has 0 unspecified atom stereocenters. The van der Waals surface area contributed by atoms with Gasteiger partial charge in [0, 0.05) is 11.8 Å². The van der Waals surface area contributed by atoms with Crippen molar-refractivity contribution in [3.8, 4) is 5.75 Å². The van der Waals surface area contributed by atoms with E-state index < -0.39 is 0 Å². The van der Waals surface area contributed by atoms with Crippen molar-refractivity contribution >= 4 is 0 Å². The van der Waals surface area contributed by atoms with E-state index in [4.69, 9.17) is 4.74 Å². The fourth-order valence-corrected chi connectivity index (χ4v) is 3.31. The number of benzene rings is 1. The smallest absolute Gasteiger partial charge is 0.137 e. The maximum atomic E-state index is 10.1. The number of rotatable bonds is 5. The molecule has 0 aromatic heterocycles. The lowest BCUT2D eigenvalue weighted by molar-refractivity contribution is -0.915. The maximum Gasteiger partial charge on any atom is 0.137 e. The Hall–Kier alpha value is -1.06. The third-order valence-electron chi connectivity index (χ3n) is 4.07. The largest absolute Gasteiger partial charge is 0.491 e. The Morgan fingerprint density at radius 1 is 1.20 bits per heavy atom. The molecule has 0 spiro atoms. The second kappa shape index (κ2) is 7.09. The Morgan fingerprint density at radius 3 is 2.40 bits per heavy atom. The molecule has 1 aromatic carbocycles. The van der Waals surface area contributed by atoms with Crippen LogP contribution >= 0.6 is 0 Å². The van der Waals surface area contributed by atoms with E-state index in [0.29, 0.717) is 6.61 Å². The number of aliphatic hydroxyl groups is 1. The zero-order chi connectivity index (χ0) is 14.5. The van der Waals surface area contributed by atoms with Gasteiger partial charge in [0.25, 0.3) is 0 Å². The van der Waals surface area contributed by atoms with Crippen molar-refractivity contribution < 1.29 is 14.7 Å². The van der Waals surface area contributed by atoms with E-state index in [9.17, 15) is 5.11 Å². The summed E-state index contributed by atoms with van der Waals surface area (Å²) < 4.78 is 5.65. The van der Waals surface area contributed by atoms with Crippen LogP contribution in [0.1, 0.15) is 25.8 Å². The summed E-state index contributed by atoms with van der Waals surface area (Å²) in [5, 5.41) is 10.1. The lowest BCUT2D eigenvalue weighted by atomic mass is 9.92. The molecule has 1 aliphatic rings. The minimum atomic E-state index is -0.385. The van der Waals surface area contributed by atoms with Crippen molar-refractivity contribution in [2.24, 2.45) is 11.8 Å². The SMILES string of the molecule is Cc1ccc(OC[C@H](O)C[NH+]2C[C@@H](C)C[C@H](C)C2)cc1. The molecule has 2 rings (SSSR count). The lowest BCUT2D eigenvalue weighted by Crippen LogP contribution is -3.15. The summed E-state index contributed by atoms with van der Waals surface area (Å²) in [6.07, 6.45) is 0.934. The quantitative estimate of drug-likeness (QED) is 0.851. The number of likely N-dealkylation sites (tertiary alicyclic amines) is 1. The Morgan fingerprint density at radius 2 is 1.80 bits per heavy atom. The van der Waals surface area contributed by atoms with Gasteiger partial charge in [-0.2, -0.15) is 0 Å². The first-order valence-corrected chi connectivity index (χ1v) is 7.74. The van der Waals surface area contributed by atoms with Crippen LogP contribution in [-0.4, -0.2) is 37.5 Å². The molecule has 0 amide bonds. The van der Waals surface area contributed by atoms with Crippen molar-refractivity contribution in [2.45, 2.75) is 33.3 Å². The van der Waals surface area contributed by atoms with Crippen molar-refractivity contribution in [3.05, 3.63) is 29.8 Å². The monoisotopic (exact) mass is 278 g/mol. The second-order valence-electron chi connectivity index (χ2n) is 6.59. The van der Waals surface area contributed by atoms with Gasteiger partial charge >= 0.3 is 0 Å². The molecule has 3 nitrogen and oxygen atoms in total. The van der Waals surface area contributed by atoms with Gasteiger partial charge in [-0.25, -0.2) is 0 Å². The normalized spacial score (nSPS) is 28.1. The summed E-state index contributed by atoms with van der Waals surface area (Å²) in [6.45, 7) is 10.2. The average Bonchev–Trinajstić information content (AvgIpc) is 2.37.